The molecule has 26 heavy (non-hydrogen) atoms. The fourth-order valence-corrected chi connectivity index (χ4v) is 2.84. The summed E-state index contributed by atoms with van der Waals surface area (Å²) in [5.41, 5.74) is 2.00. The normalized spacial score (nSPS) is 12.1. The zero-order valence-corrected chi connectivity index (χ0v) is 13.6. The van der Waals surface area contributed by atoms with Gasteiger partial charge in [-0.3, -0.25) is 4.98 Å². The number of halogens is 2. The van der Waals surface area contributed by atoms with Crippen molar-refractivity contribution in [3.8, 4) is 0 Å². The second-order valence-electron chi connectivity index (χ2n) is 5.77. The molecular weight excluding hydrogens is 334 g/mol. The van der Waals surface area contributed by atoms with Gasteiger partial charge in [0.2, 0.25) is 0 Å². The van der Waals surface area contributed by atoms with Crippen molar-refractivity contribution in [3.63, 3.8) is 0 Å². The van der Waals surface area contributed by atoms with Gasteiger partial charge in [-0.2, -0.15) is 0 Å². The molecule has 0 fully saturated rings. The summed E-state index contributed by atoms with van der Waals surface area (Å²) >= 11 is 0. The molecule has 6 heteroatoms. The molecule has 0 aliphatic rings. The van der Waals surface area contributed by atoms with Crippen molar-refractivity contribution in [3.05, 3.63) is 96.1 Å². The number of nitrogens with one attached hydrogen (secondary N) is 1. The molecule has 0 aliphatic heterocycles. The lowest BCUT2D eigenvalue weighted by Crippen LogP contribution is -2.15. The second-order valence-corrected chi connectivity index (χ2v) is 5.77. The monoisotopic (exact) mass is 348 g/mol. The lowest BCUT2D eigenvalue weighted by atomic mass is 10.0. The number of rotatable bonds is 4. The minimum Gasteiger partial charge on any atom is -0.357 e. The van der Waals surface area contributed by atoms with E-state index in [4.69, 9.17) is 0 Å². The largest absolute Gasteiger partial charge is 0.357 e. The SMILES string of the molecule is Fc1cccc(C(Nc2ncnc3ccc(F)cc23)c2ccccn2)c1. The molecule has 2 heterocycles. The van der Waals surface area contributed by atoms with Gasteiger partial charge in [0.25, 0.3) is 0 Å². The van der Waals surface area contributed by atoms with Gasteiger partial charge >= 0.3 is 0 Å². The average molecular weight is 348 g/mol. The maximum absolute atomic E-state index is 13.8. The molecule has 0 saturated heterocycles. The molecule has 4 nitrogen and oxygen atoms in total. The Bertz CT molecular complexity index is 1050. The fraction of sp³-hybridized carbons (Fsp3) is 0.0500. The Balaban J connectivity index is 1.82. The van der Waals surface area contributed by atoms with Crippen molar-refractivity contribution in [2.24, 2.45) is 0 Å². The maximum atomic E-state index is 13.8. The molecule has 0 saturated carbocycles. The van der Waals surface area contributed by atoms with Gasteiger partial charge in [0.1, 0.15) is 23.8 Å². The Morgan fingerprint density at radius 3 is 2.50 bits per heavy atom. The van der Waals surface area contributed by atoms with E-state index >= 15 is 0 Å². The number of hydrogen-bond donors (Lipinski definition) is 1. The molecule has 1 N–H and O–H groups in total. The summed E-state index contributed by atoms with van der Waals surface area (Å²) in [7, 11) is 0. The Kier molecular flexibility index (Phi) is 4.23. The zero-order chi connectivity index (χ0) is 17.9. The molecule has 0 radical (unpaired) electrons. The zero-order valence-electron chi connectivity index (χ0n) is 13.6. The van der Waals surface area contributed by atoms with Crippen LogP contribution in [0, 0.1) is 11.6 Å². The van der Waals surface area contributed by atoms with Crippen LogP contribution in [0.5, 0.6) is 0 Å². The average Bonchev–Trinajstić information content (AvgIpc) is 2.67. The van der Waals surface area contributed by atoms with E-state index in [1.54, 1.807) is 24.4 Å². The van der Waals surface area contributed by atoms with Gasteiger partial charge in [-0.1, -0.05) is 18.2 Å². The van der Waals surface area contributed by atoms with Gasteiger partial charge in [-0.15, -0.1) is 0 Å². The van der Waals surface area contributed by atoms with E-state index < -0.39 is 6.04 Å². The van der Waals surface area contributed by atoms with Crippen LogP contribution in [-0.2, 0) is 0 Å². The number of pyridine rings is 1. The van der Waals surface area contributed by atoms with Crippen molar-refractivity contribution in [1.82, 2.24) is 15.0 Å². The summed E-state index contributed by atoms with van der Waals surface area (Å²) < 4.78 is 27.5. The van der Waals surface area contributed by atoms with Gasteiger partial charge in [-0.25, -0.2) is 18.7 Å². The van der Waals surface area contributed by atoms with E-state index in [0.29, 0.717) is 28.0 Å². The molecule has 2 aromatic carbocycles. The van der Waals surface area contributed by atoms with Crippen molar-refractivity contribution in [2.75, 3.05) is 5.32 Å². The minimum atomic E-state index is -0.451. The standard InChI is InChI=1S/C20H14F2N4/c21-14-5-3-4-13(10-14)19(18-6-1-2-9-23-18)26-20-16-11-15(22)7-8-17(16)24-12-25-20/h1-12,19H,(H,24,25,26). The fourth-order valence-electron chi connectivity index (χ4n) is 2.84. The van der Waals surface area contributed by atoms with Gasteiger partial charge < -0.3 is 5.32 Å². The molecule has 4 rings (SSSR count). The molecule has 0 amide bonds. The third kappa shape index (κ3) is 3.21. The maximum Gasteiger partial charge on any atom is 0.138 e. The van der Waals surface area contributed by atoms with Gasteiger partial charge in [0.05, 0.1) is 17.3 Å². The lowest BCUT2D eigenvalue weighted by molar-refractivity contribution is 0.624. The van der Waals surface area contributed by atoms with E-state index in [0.717, 1.165) is 0 Å². The molecule has 2 aromatic heterocycles. The third-order valence-electron chi connectivity index (χ3n) is 4.04. The molecule has 0 spiro atoms. The number of benzene rings is 2. The molecule has 4 aromatic rings. The summed E-state index contributed by atoms with van der Waals surface area (Å²) in [5, 5.41) is 3.81. The molecular formula is C20H14F2N4. The van der Waals surface area contributed by atoms with E-state index in [2.05, 4.69) is 20.3 Å². The summed E-state index contributed by atoms with van der Waals surface area (Å²) in [6, 6.07) is 15.6. The Morgan fingerprint density at radius 1 is 0.808 bits per heavy atom. The number of aromatic nitrogens is 3. The summed E-state index contributed by atoms with van der Waals surface area (Å²) in [4.78, 5) is 12.8. The smallest absolute Gasteiger partial charge is 0.138 e. The first-order valence-corrected chi connectivity index (χ1v) is 8.04. The quantitative estimate of drug-likeness (QED) is 0.590. The summed E-state index contributed by atoms with van der Waals surface area (Å²) in [6.45, 7) is 0. The van der Waals surface area contributed by atoms with Crippen LogP contribution in [0.2, 0.25) is 0 Å². The first-order chi connectivity index (χ1) is 12.7. The van der Waals surface area contributed by atoms with Crippen LogP contribution in [0.4, 0.5) is 14.6 Å². The molecule has 1 unspecified atom stereocenters. The lowest BCUT2D eigenvalue weighted by Gasteiger charge is -2.20. The van der Waals surface area contributed by atoms with E-state index in [9.17, 15) is 8.78 Å². The highest BCUT2D eigenvalue weighted by atomic mass is 19.1. The summed E-state index contributed by atoms with van der Waals surface area (Å²) in [6.07, 6.45) is 3.07. The number of nitrogens with zero attached hydrogens (tertiary/aromatic N) is 3. The number of fused-ring (bicyclic) bond motifs is 1. The second kappa shape index (κ2) is 6.84. The molecule has 1 atom stereocenters. The number of hydrogen-bond acceptors (Lipinski definition) is 4. The topological polar surface area (TPSA) is 50.7 Å². The molecule has 128 valence electrons. The van der Waals surface area contributed by atoms with Crippen LogP contribution in [0.15, 0.2) is 73.2 Å². The van der Waals surface area contributed by atoms with Crippen molar-refractivity contribution >= 4 is 16.7 Å². The highest BCUT2D eigenvalue weighted by Gasteiger charge is 2.18. The summed E-state index contributed by atoms with van der Waals surface area (Å²) in [5.74, 6) is -0.270. The van der Waals surface area contributed by atoms with E-state index in [1.807, 2.05) is 18.2 Å². The van der Waals surface area contributed by atoms with Crippen LogP contribution in [0.3, 0.4) is 0 Å². The molecule has 0 aliphatic carbocycles. The van der Waals surface area contributed by atoms with Crippen molar-refractivity contribution < 1.29 is 8.78 Å². The first kappa shape index (κ1) is 16.1. The van der Waals surface area contributed by atoms with E-state index in [1.165, 1.54) is 30.6 Å². The Hall–Kier alpha value is -3.41. The van der Waals surface area contributed by atoms with Gasteiger partial charge in [0.15, 0.2) is 0 Å². The highest BCUT2D eigenvalue weighted by Crippen LogP contribution is 2.28. The first-order valence-electron chi connectivity index (χ1n) is 8.04. The molecule has 0 bridgehead atoms. The highest BCUT2D eigenvalue weighted by molar-refractivity contribution is 5.89. The number of anilines is 1. The van der Waals surface area contributed by atoms with Crippen LogP contribution < -0.4 is 5.32 Å². The Morgan fingerprint density at radius 2 is 1.69 bits per heavy atom. The van der Waals surface area contributed by atoms with E-state index in [-0.39, 0.29) is 11.6 Å². The van der Waals surface area contributed by atoms with Crippen LogP contribution in [0.1, 0.15) is 17.3 Å². The Labute approximate surface area is 148 Å². The predicted molar refractivity (Wildman–Crippen MR) is 95.6 cm³/mol. The van der Waals surface area contributed by atoms with Crippen LogP contribution in [-0.4, -0.2) is 15.0 Å². The van der Waals surface area contributed by atoms with Crippen LogP contribution >= 0.6 is 0 Å². The van der Waals surface area contributed by atoms with Gasteiger partial charge in [0, 0.05) is 11.6 Å². The predicted octanol–water partition coefficient (Wildman–Crippen LogP) is 4.50. The van der Waals surface area contributed by atoms with Crippen LogP contribution in [0.25, 0.3) is 10.9 Å². The minimum absolute atomic E-state index is 0.344. The van der Waals surface area contributed by atoms with Crippen molar-refractivity contribution in [2.45, 2.75) is 6.04 Å². The van der Waals surface area contributed by atoms with Crippen molar-refractivity contribution in [1.29, 1.82) is 0 Å². The third-order valence-corrected chi connectivity index (χ3v) is 4.04. The van der Waals surface area contributed by atoms with Gasteiger partial charge in [-0.05, 0) is 48.0 Å².